The minimum atomic E-state index is -0.138. The molecule has 94 valence electrons. The summed E-state index contributed by atoms with van der Waals surface area (Å²) in [5.41, 5.74) is 1.83. The maximum absolute atomic E-state index is 12.6. The van der Waals surface area contributed by atoms with Gasteiger partial charge in [0.25, 0.3) is 0 Å². The minimum absolute atomic E-state index is 0.138. The van der Waals surface area contributed by atoms with E-state index in [4.69, 9.17) is 0 Å². The lowest BCUT2D eigenvalue weighted by Gasteiger charge is -2.09. The molecule has 19 heavy (non-hydrogen) atoms. The van der Waals surface area contributed by atoms with Crippen LogP contribution in [0.4, 0.5) is 0 Å². The SMILES string of the molecule is CC(C(=O)c1csc2ccccc12)c1ccncc1. The van der Waals surface area contributed by atoms with Crippen LogP contribution in [0.25, 0.3) is 10.1 Å². The summed E-state index contributed by atoms with van der Waals surface area (Å²) in [6, 6.07) is 11.8. The molecule has 3 heteroatoms. The van der Waals surface area contributed by atoms with Crippen molar-refractivity contribution in [3.63, 3.8) is 0 Å². The molecule has 2 heterocycles. The van der Waals surface area contributed by atoms with E-state index >= 15 is 0 Å². The Kier molecular flexibility index (Phi) is 3.13. The fraction of sp³-hybridized carbons (Fsp3) is 0.125. The lowest BCUT2D eigenvalue weighted by atomic mass is 9.93. The van der Waals surface area contributed by atoms with Crippen molar-refractivity contribution in [2.45, 2.75) is 12.8 Å². The Morgan fingerprint density at radius 1 is 1.16 bits per heavy atom. The van der Waals surface area contributed by atoms with E-state index in [0.29, 0.717) is 0 Å². The van der Waals surface area contributed by atoms with Gasteiger partial charge in [0.05, 0.1) is 0 Å². The first-order chi connectivity index (χ1) is 9.27. The smallest absolute Gasteiger partial charge is 0.171 e. The molecule has 0 radical (unpaired) electrons. The van der Waals surface area contributed by atoms with Gasteiger partial charge >= 0.3 is 0 Å². The van der Waals surface area contributed by atoms with Gasteiger partial charge in [0.2, 0.25) is 0 Å². The number of thiophene rings is 1. The van der Waals surface area contributed by atoms with E-state index in [2.05, 4.69) is 4.98 Å². The van der Waals surface area contributed by atoms with Crippen molar-refractivity contribution in [1.82, 2.24) is 4.98 Å². The summed E-state index contributed by atoms with van der Waals surface area (Å²) in [6.45, 7) is 1.95. The van der Waals surface area contributed by atoms with Crippen LogP contribution in [0.1, 0.15) is 28.8 Å². The first-order valence-corrected chi connectivity index (χ1v) is 7.05. The van der Waals surface area contributed by atoms with E-state index in [1.807, 2.05) is 48.7 Å². The van der Waals surface area contributed by atoms with Crippen LogP contribution < -0.4 is 0 Å². The highest BCUT2D eigenvalue weighted by molar-refractivity contribution is 7.17. The molecule has 0 aliphatic carbocycles. The van der Waals surface area contributed by atoms with Crippen molar-refractivity contribution >= 4 is 27.2 Å². The van der Waals surface area contributed by atoms with Crippen LogP contribution in [0.3, 0.4) is 0 Å². The molecule has 0 bridgehead atoms. The summed E-state index contributed by atoms with van der Waals surface area (Å²) >= 11 is 1.62. The summed E-state index contributed by atoms with van der Waals surface area (Å²) < 4.78 is 1.16. The average molecular weight is 267 g/mol. The number of carbonyl (C=O) groups is 1. The molecule has 2 nitrogen and oxygen atoms in total. The highest BCUT2D eigenvalue weighted by Gasteiger charge is 2.19. The largest absolute Gasteiger partial charge is 0.293 e. The molecule has 1 aromatic carbocycles. The third kappa shape index (κ3) is 2.17. The van der Waals surface area contributed by atoms with E-state index < -0.39 is 0 Å². The van der Waals surface area contributed by atoms with Crippen molar-refractivity contribution in [2.75, 3.05) is 0 Å². The molecule has 2 aromatic heterocycles. The summed E-state index contributed by atoms with van der Waals surface area (Å²) in [5, 5.41) is 3.02. The van der Waals surface area contributed by atoms with Gasteiger partial charge in [0.1, 0.15) is 0 Å². The highest BCUT2D eigenvalue weighted by atomic mass is 32.1. The Labute approximate surface area is 115 Å². The maximum atomic E-state index is 12.6. The number of ketones is 1. The maximum Gasteiger partial charge on any atom is 0.171 e. The van der Waals surface area contributed by atoms with E-state index in [0.717, 1.165) is 21.2 Å². The molecule has 0 amide bonds. The molecule has 0 aliphatic heterocycles. The first kappa shape index (κ1) is 12.1. The number of hydrogen-bond donors (Lipinski definition) is 0. The van der Waals surface area contributed by atoms with Gasteiger partial charge in [0.15, 0.2) is 5.78 Å². The molecule has 0 aliphatic rings. The molecule has 0 saturated heterocycles. The lowest BCUT2D eigenvalue weighted by molar-refractivity contribution is 0.0968. The van der Waals surface area contributed by atoms with Gasteiger partial charge in [-0.1, -0.05) is 25.1 Å². The zero-order valence-corrected chi connectivity index (χ0v) is 11.4. The molecule has 0 spiro atoms. The van der Waals surface area contributed by atoms with Gasteiger partial charge in [-0.15, -0.1) is 11.3 Å². The van der Waals surface area contributed by atoms with Crippen LogP contribution in [0.2, 0.25) is 0 Å². The number of hydrogen-bond acceptors (Lipinski definition) is 3. The molecule has 3 rings (SSSR count). The van der Waals surface area contributed by atoms with Gasteiger partial charge in [-0.25, -0.2) is 0 Å². The lowest BCUT2D eigenvalue weighted by Crippen LogP contribution is -2.09. The number of benzene rings is 1. The van der Waals surface area contributed by atoms with Crippen LogP contribution in [-0.4, -0.2) is 10.8 Å². The standard InChI is InChI=1S/C16H13NOS/c1-11(12-6-8-17-9-7-12)16(18)14-10-19-15-5-3-2-4-13(14)15/h2-11H,1H3. The number of Topliss-reactive ketones (excluding diaryl/α,β-unsaturated/α-hetero) is 1. The minimum Gasteiger partial charge on any atom is -0.293 e. The first-order valence-electron chi connectivity index (χ1n) is 6.18. The van der Waals surface area contributed by atoms with E-state index in [9.17, 15) is 4.79 Å². The molecule has 0 fully saturated rings. The molecular formula is C16H13NOS. The van der Waals surface area contributed by atoms with Crippen LogP contribution in [0, 0.1) is 0 Å². The molecule has 3 aromatic rings. The van der Waals surface area contributed by atoms with Gasteiger partial charge in [-0.05, 0) is 23.8 Å². The second-order valence-corrected chi connectivity index (χ2v) is 5.42. The van der Waals surface area contributed by atoms with Gasteiger partial charge in [-0.2, -0.15) is 0 Å². The van der Waals surface area contributed by atoms with Crippen molar-refractivity contribution in [2.24, 2.45) is 0 Å². The average Bonchev–Trinajstić information content (AvgIpc) is 2.90. The summed E-state index contributed by atoms with van der Waals surface area (Å²) in [7, 11) is 0. The van der Waals surface area contributed by atoms with Gasteiger partial charge < -0.3 is 0 Å². The molecule has 1 unspecified atom stereocenters. The summed E-state index contributed by atoms with van der Waals surface area (Å²) in [4.78, 5) is 16.6. The number of nitrogens with zero attached hydrogens (tertiary/aromatic N) is 1. The second kappa shape index (κ2) is 4.94. The Morgan fingerprint density at radius 2 is 1.89 bits per heavy atom. The van der Waals surface area contributed by atoms with Crippen LogP contribution in [0.5, 0.6) is 0 Å². The molecule has 0 saturated carbocycles. The topological polar surface area (TPSA) is 30.0 Å². The Morgan fingerprint density at radius 3 is 2.68 bits per heavy atom. The molecule has 1 atom stereocenters. The van der Waals surface area contributed by atoms with Crippen molar-refractivity contribution in [1.29, 1.82) is 0 Å². The molecule has 0 N–H and O–H groups in total. The van der Waals surface area contributed by atoms with Crippen molar-refractivity contribution in [3.05, 3.63) is 65.3 Å². The highest BCUT2D eigenvalue weighted by Crippen LogP contribution is 2.30. The predicted octanol–water partition coefficient (Wildman–Crippen LogP) is 4.28. The number of fused-ring (bicyclic) bond motifs is 1. The van der Waals surface area contributed by atoms with Gasteiger partial charge in [-0.3, -0.25) is 9.78 Å². The normalized spacial score (nSPS) is 12.5. The third-order valence-corrected chi connectivity index (χ3v) is 4.31. The summed E-state index contributed by atoms with van der Waals surface area (Å²) in [5.74, 6) is 0.0321. The zero-order valence-electron chi connectivity index (χ0n) is 10.5. The second-order valence-electron chi connectivity index (χ2n) is 4.51. The fourth-order valence-electron chi connectivity index (χ4n) is 2.21. The van der Waals surface area contributed by atoms with Crippen molar-refractivity contribution < 1.29 is 4.79 Å². The molecular weight excluding hydrogens is 254 g/mol. The Balaban J connectivity index is 2.00. The zero-order chi connectivity index (χ0) is 13.2. The number of carbonyl (C=O) groups excluding carboxylic acids is 1. The van der Waals surface area contributed by atoms with Crippen molar-refractivity contribution in [3.8, 4) is 0 Å². The number of aromatic nitrogens is 1. The third-order valence-electron chi connectivity index (χ3n) is 3.35. The van der Waals surface area contributed by atoms with E-state index in [-0.39, 0.29) is 11.7 Å². The Bertz CT molecular complexity index is 718. The van der Waals surface area contributed by atoms with Gasteiger partial charge in [0, 0.05) is 39.3 Å². The summed E-state index contributed by atoms with van der Waals surface area (Å²) in [6.07, 6.45) is 3.45. The van der Waals surface area contributed by atoms with Crippen LogP contribution in [0.15, 0.2) is 54.2 Å². The van der Waals surface area contributed by atoms with E-state index in [1.165, 1.54) is 0 Å². The predicted molar refractivity (Wildman–Crippen MR) is 78.8 cm³/mol. The fourth-order valence-corrected chi connectivity index (χ4v) is 3.16. The number of pyridine rings is 1. The monoisotopic (exact) mass is 267 g/mol. The Hall–Kier alpha value is -2.00. The van der Waals surface area contributed by atoms with Crippen LogP contribution in [-0.2, 0) is 0 Å². The quantitative estimate of drug-likeness (QED) is 0.663. The van der Waals surface area contributed by atoms with E-state index in [1.54, 1.807) is 23.7 Å². The van der Waals surface area contributed by atoms with Crippen LogP contribution >= 0.6 is 11.3 Å². The number of rotatable bonds is 3.